The van der Waals surface area contributed by atoms with Crippen molar-refractivity contribution in [2.75, 3.05) is 20.3 Å². The average molecular weight is 213 g/mol. The molecule has 0 bridgehead atoms. The van der Waals surface area contributed by atoms with Gasteiger partial charge in [-0.2, -0.15) is 0 Å². The van der Waals surface area contributed by atoms with Gasteiger partial charge in [0.2, 0.25) is 0 Å². The van der Waals surface area contributed by atoms with Gasteiger partial charge in [0.15, 0.2) is 5.79 Å². The van der Waals surface area contributed by atoms with E-state index in [4.69, 9.17) is 9.47 Å². The molecule has 1 saturated carbocycles. The molecule has 88 valence electrons. The molecule has 0 aromatic heterocycles. The third-order valence-corrected chi connectivity index (χ3v) is 4.08. The first-order chi connectivity index (χ1) is 7.24. The van der Waals surface area contributed by atoms with Gasteiger partial charge in [-0.25, -0.2) is 0 Å². The van der Waals surface area contributed by atoms with Crippen LogP contribution in [0.4, 0.5) is 0 Å². The highest BCUT2D eigenvalue weighted by Crippen LogP contribution is 2.41. The Kier molecular flexibility index (Phi) is 3.33. The van der Waals surface area contributed by atoms with E-state index in [0.29, 0.717) is 5.54 Å². The summed E-state index contributed by atoms with van der Waals surface area (Å²) in [5.74, 6) is -0.287. The van der Waals surface area contributed by atoms with Crippen LogP contribution in [0.5, 0.6) is 0 Å². The summed E-state index contributed by atoms with van der Waals surface area (Å²) in [6.07, 6.45) is 7.11. The van der Waals surface area contributed by atoms with E-state index in [9.17, 15) is 0 Å². The van der Waals surface area contributed by atoms with E-state index >= 15 is 0 Å². The molecule has 1 aliphatic carbocycles. The van der Waals surface area contributed by atoms with Gasteiger partial charge < -0.3 is 14.8 Å². The van der Waals surface area contributed by atoms with Gasteiger partial charge in [0.25, 0.3) is 0 Å². The van der Waals surface area contributed by atoms with Gasteiger partial charge in [0, 0.05) is 32.1 Å². The molecule has 1 heterocycles. The Labute approximate surface area is 92.5 Å². The van der Waals surface area contributed by atoms with Crippen LogP contribution in [0.1, 0.15) is 45.4 Å². The summed E-state index contributed by atoms with van der Waals surface area (Å²) in [6, 6.07) is 0. The smallest absolute Gasteiger partial charge is 0.168 e. The van der Waals surface area contributed by atoms with Crippen LogP contribution < -0.4 is 5.32 Å². The van der Waals surface area contributed by atoms with Crippen molar-refractivity contribution in [2.24, 2.45) is 0 Å². The second-order valence-corrected chi connectivity index (χ2v) is 4.86. The largest absolute Gasteiger partial charge is 0.353 e. The van der Waals surface area contributed by atoms with E-state index in [-0.39, 0.29) is 5.79 Å². The van der Waals surface area contributed by atoms with Gasteiger partial charge in [0.05, 0.1) is 0 Å². The van der Waals surface area contributed by atoms with Gasteiger partial charge in [-0.15, -0.1) is 0 Å². The molecular formula is C12H23NO2. The van der Waals surface area contributed by atoms with E-state index in [1.807, 2.05) is 6.92 Å². The first-order valence-electron chi connectivity index (χ1n) is 6.18. The van der Waals surface area contributed by atoms with Crippen molar-refractivity contribution in [3.63, 3.8) is 0 Å². The fraction of sp³-hybridized carbons (Fsp3) is 1.00. The van der Waals surface area contributed by atoms with Crippen LogP contribution in [0.25, 0.3) is 0 Å². The molecule has 0 unspecified atom stereocenters. The van der Waals surface area contributed by atoms with E-state index in [1.54, 1.807) is 7.11 Å². The molecule has 1 aliphatic heterocycles. The zero-order valence-corrected chi connectivity index (χ0v) is 9.97. The number of rotatable bonds is 3. The van der Waals surface area contributed by atoms with Crippen LogP contribution in [-0.2, 0) is 9.47 Å². The molecule has 0 aromatic carbocycles. The number of hydrogen-bond donors (Lipinski definition) is 1. The molecule has 1 N–H and O–H groups in total. The third-order valence-electron chi connectivity index (χ3n) is 4.08. The monoisotopic (exact) mass is 213 g/mol. The maximum atomic E-state index is 5.77. The highest BCUT2D eigenvalue weighted by molar-refractivity contribution is 4.98. The minimum absolute atomic E-state index is 0.287. The lowest BCUT2D eigenvalue weighted by Crippen LogP contribution is -2.50. The SMILES string of the molecule is CCOC1(OC)CCC2(CCCN2)CC1. The normalized spacial score (nSPS) is 41.2. The van der Waals surface area contributed by atoms with Crippen molar-refractivity contribution in [1.82, 2.24) is 5.32 Å². The summed E-state index contributed by atoms with van der Waals surface area (Å²) in [7, 11) is 1.77. The predicted molar refractivity (Wildman–Crippen MR) is 59.8 cm³/mol. The van der Waals surface area contributed by atoms with Crippen LogP contribution in [0.3, 0.4) is 0 Å². The van der Waals surface area contributed by atoms with E-state index in [0.717, 1.165) is 19.4 Å². The standard InChI is InChI=1S/C12H23NO2/c1-3-15-12(14-2)8-6-11(7-9-12)5-4-10-13-11/h13H,3-10H2,1-2H3. The van der Waals surface area contributed by atoms with Crippen molar-refractivity contribution in [1.29, 1.82) is 0 Å². The zero-order chi connectivity index (χ0) is 10.8. The number of ether oxygens (including phenoxy) is 2. The molecule has 0 aromatic rings. The second-order valence-electron chi connectivity index (χ2n) is 4.86. The first kappa shape index (κ1) is 11.4. The van der Waals surface area contributed by atoms with Crippen molar-refractivity contribution in [3.05, 3.63) is 0 Å². The number of hydrogen-bond acceptors (Lipinski definition) is 3. The van der Waals surface area contributed by atoms with Crippen LogP contribution in [0.15, 0.2) is 0 Å². The van der Waals surface area contributed by atoms with Crippen LogP contribution >= 0.6 is 0 Å². The second kappa shape index (κ2) is 4.40. The molecule has 0 amide bonds. The number of nitrogens with one attached hydrogen (secondary N) is 1. The van der Waals surface area contributed by atoms with Gasteiger partial charge in [-0.3, -0.25) is 0 Å². The van der Waals surface area contributed by atoms with Crippen LogP contribution in [0.2, 0.25) is 0 Å². The highest BCUT2D eigenvalue weighted by Gasteiger charge is 2.44. The van der Waals surface area contributed by atoms with Gasteiger partial charge in [0.1, 0.15) is 0 Å². The van der Waals surface area contributed by atoms with Crippen molar-refractivity contribution in [2.45, 2.75) is 56.8 Å². The lowest BCUT2D eigenvalue weighted by Gasteiger charge is -2.43. The van der Waals surface area contributed by atoms with Crippen LogP contribution in [0, 0.1) is 0 Å². The van der Waals surface area contributed by atoms with Gasteiger partial charge in [-0.05, 0) is 39.2 Å². The first-order valence-corrected chi connectivity index (χ1v) is 6.18. The Bertz CT molecular complexity index is 202. The quantitative estimate of drug-likeness (QED) is 0.728. The maximum absolute atomic E-state index is 5.77. The molecule has 3 nitrogen and oxygen atoms in total. The summed E-state index contributed by atoms with van der Waals surface area (Å²) in [5.41, 5.74) is 0.416. The summed E-state index contributed by atoms with van der Waals surface area (Å²) < 4.78 is 11.3. The Morgan fingerprint density at radius 1 is 1.13 bits per heavy atom. The number of methoxy groups -OCH3 is 1. The molecule has 2 fully saturated rings. The minimum Gasteiger partial charge on any atom is -0.353 e. The Balaban J connectivity index is 1.94. The summed E-state index contributed by atoms with van der Waals surface area (Å²) in [4.78, 5) is 0. The Morgan fingerprint density at radius 2 is 1.87 bits per heavy atom. The van der Waals surface area contributed by atoms with Crippen molar-refractivity contribution >= 4 is 0 Å². The lowest BCUT2D eigenvalue weighted by atomic mass is 9.78. The summed E-state index contributed by atoms with van der Waals surface area (Å²) in [5, 5.41) is 3.66. The summed E-state index contributed by atoms with van der Waals surface area (Å²) >= 11 is 0. The van der Waals surface area contributed by atoms with E-state index in [1.165, 1.54) is 32.2 Å². The molecule has 2 aliphatic rings. The molecule has 0 atom stereocenters. The topological polar surface area (TPSA) is 30.5 Å². The molecule has 2 rings (SSSR count). The van der Waals surface area contributed by atoms with Crippen molar-refractivity contribution < 1.29 is 9.47 Å². The summed E-state index contributed by atoms with van der Waals surface area (Å²) in [6.45, 7) is 3.97. The Morgan fingerprint density at radius 3 is 2.33 bits per heavy atom. The molecule has 1 saturated heterocycles. The minimum atomic E-state index is -0.287. The van der Waals surface area contributed by atoms with E-state index < -0.39 is 0 Å². The predicted octanol–water partition coefficient (Wildman–Crippen LogP) is 2.06. The molecular weight excluding hydrogens is 190 g/mol. The lowest BCUT2D eigenvalue weighted by molar-refractivity contribution is -0.242. The van der Waals surface area contributed by atoms with Gasteiger partial charge >= 0.3 is 0 Å². The fourth-order valence-electron chi connectivity index (χ4n) is 3.08. The van der Waals surface area contributed by atoms with E-state index in [2.05, 4.69) is 5.32 Å². The fourth-order valence-corrected chi connectivity index (χ4v) is 3.08. The zero-order valence-electron chi connectivity index (χ0n) is 9.97. The van der Waals surface area contributed by atoms with Gasteiger partial charge in [-0.1, -0.05) is 0 Å². The van der Waals surface area contributed by atoms with Crippen LogP contribution in [-0.4, -0.2) is 31.6 Å². The maximum Gasteiger partial charge on any atom is 0.168 e. The molecule has 15 heavy (non-hydrogen) atoms. The van der Waals surface area contributed by atoms with Crippen molar-refractivity contribution in [3.8, 4) is 0 Å². The third kappa shape index (κ3) is 2.19. The molecule has 3 heteroatoms. The molecule has 1 spiro atoms. The highest BCUT2D eigenvalue weighted by atomic mass is 16.7. The average Bonchev–Trinajstić information content (AvgIpc) is 2.72. The Hall–Kier alpha value is -0.120. The molecule has 0 radical (unpaired) electrons.